The Morgan fingerprint density at radius 1 is 1.27 bits per heavy atom. The number of rotatable bonds is 3. The number of hydrogen-bond acceptors (Lipinski definition) is 3. The summed E-state index contributed by atoms with van der Waals surface area (Å²) in [7, 11) is 0. The summed E-state index contributed by atoms with van der Waals surface area (Å²) in [6, 6.07) is 10.1. The van der Waals surface area contributed by atoms with Crippen molar-refractivity contribution in [3.05, 3.63) is 36.1 Å². The van der Waals surface area contributed by atoms with Gasteiger partial charge in [0.25, 0.3) is 0 Å². The average molecular weight is 204 g/mol. The highest BCUT2D eigenvalue weighted by atomic mass is 16.3. The molecule has 0 saturated carbocycles. The van der Waals surface area contributed by atoms with Gasteiger partial charge in [0.15, 0.2) is 0 Å². The van der Waals surface area contributed by atoms with E-state index in [4.69, 9.17) is 10.3 Å². The largest absolute Gasteiger partial charge is 0.459 e. The summed E-state index contributed by atoms with van der Waals surface area (Å²) in [5.74, 6) is 6.81. The van der Waals surface area contributed by atoms with E-state index in [9.17, 15) is 0 Å². The van der Waals surface area contributed by atoms with Crippen LogP contribution in [0.2, 0.25) is 0 Å². The first-order chi connectivity index (χ1) is 7.22. The van der Waals surface area contributed by atoms with Crippen molar-refractivity contribution in [1.82, 2.24) is 5.43 Å². The van der Waals surface area contributed by atoms with Gasteiger partial charge in [-0.1, -0.05) is 32.0 Å². The van der Waals surface area contributed by atoms with Gasteiger partial charge in [-0.05, 0) is 18.1 Å². The SMILES string of the molecule is CC(C)C(NN)c1cc2ccccc2o1. The molecule has 1 atom stereocenters. The molecule has 0 amide bonds. The minimum absolute atomic E-state index is 0.0670. The van der Waals surface area contributed by atoms with Crippen LogP contribution in [0.4, 0.5) is 0 Å². The van der Waals surface area contributed by atoms with E-state index in [1.165, 1.54) is 0 Å². The van der Waals surface area contributed by atoms with Gasteiger partial charge in [0.05, 0.1) is 6.04 Å². The zero-order chi connectivity index (χ0) is 10.8. The molecule has 0 aliphatic carbocycles. The molecule has 1 unspecified atom stereocenters. The fourth-order valence-corrected chi connectivity index (χ4v) is 1.76. The van der Waals surface area contributed by atoms with Crippen LogP contribution in [0.25, 0.3) is 11.0 Å². The predicted molar refractivity (Wildman–Crippen MR) is 61.1 cm³/mol. The molecule has 1 aromatic carbocycles. The Balaban J connectivity index is 2.43. The third kappa shape index (κ3) is 1.89. The molecule has 0 saturated heterocycles. The Labute approximate surface area is 89.2 Å². The molecule has 0 bridgehead atoms. The number of benzene rings is 1. The van der Waals surface area contributed by atoms with Crippen LogP contribution in [0.15, 0.2) is 34.7 Å². The van der Waals surface area contributed by atoms with E-state index in [0.717, 1.165) is 16.7 Å². The molecule has 0 radical (unpaired) electrons. The summed E-state index contributed by atoms with van der Waals surface area (Å²) in [6.07, 6.45) is 0. The number of nitrogens with two attached hydrogens (primary N) is 1. The van der Waals surface area contributed by atoms with Crippen LogP contribution in [-0.2, 0) is 0 Å². The van der Waals surface area contributed by atoms with Crippen LogP contribution in [-0.4, -0.2) is 0 Å². The van der Waals surface area contributed by atoms with E-state index in [0.29, 0.717) is 5.92 Å². The molecule has 3 N–H and O–H groups in total. The normalized spacial score (nSPS) is 13.6. The van der Waals surface area contributed by atoms with Gasteiger partial charge in [-0.2, -0.15) is 0 Å². The number of nitrogens with one attached hydrogen (secondary N) is 1. The third-order valence-electron chi connectivity index (χ3n) is 2.60. The van der Waals surface area contributed by atoms with Gasteiger partial charge in [0, 0.05) is 5.39 Å². The van der Waals surface area contributed by atoms with E-state index in [1.807, 2.05) is 30.3 Å². The number of fused-ring (bicyclic) bond motifs is 1. The van der Waals surface area contributed by atoms with Gasteiger partial charge in [-0.25, -0.2) is 5.43 Å². The number of hydrazine groups is 1. The minimum atomic E-state index is 0.0670. The van der Waals surface area contributed by atoms with Gasteiger partial charge in [0.2, 0.25) is 0 Å². The molecule has 1 aromatic heterocycles. The number of furan rings is 1. The van der Waals surface area contributed by atoms with E-state index >= 15 is 0 Å². The van der Waals surface area contributed by atoms with E-state index in [1.54, 1.807) is 0 Å². The van der Waals surface area contributed by atoms with Gasteiger partial charge in [0.1, 0.15) is 11.3 Å². The molecule has 2 rings (SSSR count). The van der Waals surface area contributed by atoms with Crippen molar-refractivity contribution in [2.24, 2.45) is 11.8 Å². The Morgan fingerprint density at radius 3 is 2.60 bits per heavy atom. The first-order valence-corrected chi connectivity index (χ1v) is 5.17. The highest BCUT2D eigenvalue weighted by Gasteiger charge is 2.18. The lowest BCUT2D eigenvalue weighted by atomic mass is 10.0. The van der Waals surface area contributed by atoms with Crippen molar-refractivity contribution in [1.29, 1.82) is 0 Å². The van der Waals surface area contributed by atoms with Crippen LogP contribution in [0, 0.1) is 5.92 Å². The summed E-state index contributed by atoms with van der Waals surface area (Å²) >= 11 is 0. The first-order valence-electron chi connectivity index (χ1n) is 5.17. The predicted octanol–water partition coefficient (Wildman–Crippen LogP) is 2.59. The summed E-state index contributed by atoms with van der Waals surface area (Å²) in [5, 5.41) is 1.12. The Morgan fingerprint density at radius 2 is 2.00 bits per heavy atom. The van der Waals surface area contributed by atoms with Gasteiger partial charge < -0.3 is 4.42 Å². The fourth-order valence-electron chi connectivity index (χ4n) is 1.76. The molecule has 3 heteroatoms. The van der Waals surface area contributed by atoms with Crippen molar-refractivity contribution in [2.45, 2.75) is 19.9 Å². The van der Waals surface area contributed by atoms with Crippen molar-refractivity contribution in [3.63, 3.8) is 0 Å². The highest BCUT2D eigenvalue weighted by molar-refractivity contribution is 5.77. The molecular formula is C12H16N2O. The summed E-state index contributed by atoms with van der Waals surface area (Å²) in [6.45, 7) is 4.22. The summed E-state index contributed by atoms with van der Waals surface area (Å²) in [4.78, 5) is 0. The maximum Gasteiger partial charge on any atom is 0.134 e. The lowest BCUT2D eigenvalue weighted by Crippen LogP contribution is -2.31. The van der Waals surface area contributed by atoms with Crippen LogP contribution < -0.4 is 11.3 Å². The van der Waals surface area contributed by atoms with Crippen LogP contribution in [0.3, 0.4) is 0 Å². The molecule has 1 heterocycles. The van der Waals surface area contributed by atoms with Crippen LogP contribution in [0.5, 0.6) is 0 Å². The fraction of sp³-hybridized carbons (Fsp3) is 0.333. The van der Waals surface area contributed by atoms with E-state index in [2.05, 4.69) is 19.3 Å². The smallest absolute Gasteiger partial charge is 0.134 e. The zero-order valence-corrected chi connectivity index (χ0v) is 9.03. The third-order valence-corrected chi connectivity index (χ3v) is 2.60. The molecule has 0 fully saturated rings. The van der Waals surface area contributed by atoms with Gasteiger partial charge in [-0.15, -0.1) is 0 Å². The standard InChI is InChI=1S/C12H16N2O/c1-8(2)12(14-13)11-7-9-5-3-4-6-10(9)15-11/h3-8,12,14H,13H2,1-2H3. The second-order valence-corrected chi connectivity index (χ2v) is 4.07. The maximum atomic E-state index is 5.74. The van der Waals surface area contributed by atoms with Crippen molar-refractivity contribution >= 4 is 11.0 Å². The molecule has 0 aliphatic heterocycles. The second-order valence-electron chi connectivity index (χ2n) is 4.07. The number of hydrogen-bond donors (Lipinski definition) is 2. The maximum absolute atomic E-state index is 5.74. The van der Waals surface area contributed by atoms with Gasteiger partial charge in [-0.3, -0.25) is 5.84 Å². The molecule has 15 heavy (non-hydrogen) atoms. The monoisotopic (exact) mass is 204 g/mol. The Hall–Kier alpha value is -1.32. The van der Waals surface area contributed by atoms with Crippen LogP contribution in [0.1, 0.15) is 25.6 Å². The van der Waals surface area contributed by atoms with Crippen molar-refractivity contribution < 1.29 is 4.42 Å². The lowest BCUT2D eigenvalue weighted by molar-refractivity contribution is 0.356. The second kappa shape index (κ2) is 4.04. The first kappa shape index (κ1) is 10.2. The van der Waals surface area contributed by atoms with Crippen LogP contribution >= 0.6 is 0 Å². The summed E-state index contributed by atoms with van der Waals surface area (Å²) in [5.41, 5.74) is 3.70. The minimum Gasteiger partial charge on any atom is -0.459 e. The van der Waals surface area contributed by atoms with Crippen molar-refractivity contribution in [3.8, 4) is 0 Å². The zero-order valence-electron chi connectivity index (χ0n) is 9.03. The summed E-state index contributed by atoms with van der Waals surface area (Å²) < 4.78 is 5.74. The average Bonchev–Trinajstić information content (AvgIpc) is 2.61. The number of para-hydroxylation sites is 1. The lowest BCUT2D eigenvalue weighted by Gasteiger charge is -2.16. The topological polar surface area (TPSA) is 51.2 Å². The van der Waals surface area contributed by atoms with Gasteiger partial charge >= 0.3 is 0 Å². The molecule has 2 aromatic rings. The molecule has 0 aliphatic rings. The van der Waals surface area contributed by atoms with Crippen molar-refractivity contribution in [2.75, 3.05) is 0 Å². The Kier molecular flexibility index (Phi) is 2.75. The van der Waals surface area contributed by atoms with E-state index < -0.39 is 0 Å². The quantitative estimate of drug-likeness (QED) is 0.597. The molecular weight excluding hydrogens is 188 g/mol. The molecule has 0 spiro atoms. The highest BCUT2D eigenvalue weighted by Crippen LogP contribution is 2.27. The Bertz CT molecular complexity index is 415. The molecule has 80 valence electrons. The van der Waals surface area contributed by atoms with E-state index in [-0.39, 0.29) is 6.04 Å². The molecule has 3 nitrogen and oxygen atoms in total.